The van der Waals surface area contributed by atoms with Gasteiger partial charge in [0.25, 0.3) is 15.9 Å². The summed E-state index contributed by atoms with van der Waals surface area (Å²) < 4.78 is 26.7. The average molecular weight is 435 g/mol. The van der Waals surface area contributed by atoms with E-state index in [0.717, 1.165) is 0 Å². The number of nitrogens with one attached hydrogen (secondary N) is 1. The standard InChI is InChI=1S/C20H16Cl2N2O3S/c1-24(16-5-3-2-4-6-16)28(26,27)17-10-8-15(9-11-17)23-20(25)18-12-7-14(21)13-19(18)22/h2-13H,1H3,(H,23,25). The predicted octanol–water partition coefficient (Wildman–Crippen LogP) is 5.07. The van der Waals surface area contributed by atoms with E-state index in [0.29, 0.717) is 16.4 Å². The molecule has 1 amide bonds. The van der Waals surface area contributed by atoms with Crippen molar-refractivity contribution in [1.29, 1.82) is 0 Å². The van der Waals surface area contributed by atoms with E-state index in [-0.39, 0.29) is 15.5 Å². The summed E-state index contributed by atoms with van der Waals surface area (Å²) in [5, 5.41) is 3.34. The second kappa shape index (κ2) is 8.22. The van der Waals surface area contributed by atoms with E-state index in [1.807, 2.05) is 6.07 Å². The van der Waals surface area contributed by atoms with Gasteiger partial charge >= 0.3 is 0 Å². The van der Waals surface area contributed by atoms with Crippen LogP contribution in [-0.2, 0) is 10.0 Å². The number of carbonyl (C=O) groups is 1. The maximum atomic E-state index is 12.8. The van der Waals surface area contributed by atoms with Crippen LogP contribution < -0.4 is 9.62 Å². The van der Waals surface area contributed by atoms with Crippen LogP contribution in [0.4, 0.5) is 11.4 Å². The molecule has 0 aromatic heterocycles. The van der Waals surface area contributed by atoms with Gasteiger partial charge in [-0.3, -0.25) is 9.10 Å². The van der Waals surface area contributed by atoms with Crippen molar-refractivity contribution < 1.29 is 13.2 Å². The highest BCUT2D eigenvalue weighted by atomic mass is 35.5. The van der Waals surface area contributed by atoms with Gasteiger partial charge in [0.05, 0.1) is 21.2 Å². The van der Waals surface area contributed by atoms with Crippen LogP contribution >= 0.6 is 23.2 Å². The number of hydrogen-bond donors (Lipinski definition) is 1. The first-order chi connectivity index (χ1) is 13.3. The zero-order valence-corrected chi connectivity index (χ0v) is 17.1. The summed E-state index contributed by atoms with van der Waals surface area (Å²) in [6.07, 6.45) is 0. The zero-order valence-electron chi connectivity index (χ0n) is 14.8. The molecule has 3 aromatic carbocycles. The molecule has 144 valence electrons. The molecule has 3 aromatic rings. The van der Waals surface area contributed by atoms with Crippen molar-refractivity contribution >= 4 is 50.5 Å². The Labute approximate surface area is 173 Å². The van der Waals surface area contributed by atoms with Crippen molar-refractivity contribution in [2.75, 3.05) is 16.7 Å². The van der Waals surface area contributed by atoms with Crippen LogP contribution in [0.25, 0.3) is 0 Å². The molecule has 0 unspecified atom stereocenters. The molecular formula is C20H16Cl2N2O3S. The SMILES string of the molecule is CN(c1ccccc1)S(=O)(=O)c1ccc(NC(=O)c2ccc(Cl)cc2Cl)cc1. The number of hydrogen-bond acceptors (Lipinski definition) is 3. The van der Waals surface area contributed by atoms with E-state index >= 15 is 0 Å². The fourth-order valence-electron chi connectivity index (χ4n) is 2.52. The molecule has 8 heteroatoms. The number of benzene rings is 3. The highest BCUT2D eigenvalue weighted by molar-refractivity contribution is 7.92. The lowest BCUT2D eigenvalue weighted by Crippen LogP contribution is -2.26. The van der Waals surface area contributed by atoms with Crippen molar-refractivity contribution in [1.82, 2.24) is 0 Å². The minimum Gasteiger partial charge on any atom is -0.322 e. The highest BCUT2D eigenvalue weighted by Crippen LogP contribution is 2.24. The van der Waals surface area contributed by atoms with Gasteiger partial charge in [-0.25, -0.2) is 8.42 Å². The molecule has 0 aliphatic rings. The molecule has 0 spiro atoms. The molecule has 1 N–H and O–H groups in total. The molecular weight excluding hydrogens is 419 g/mol. The fraction of sp³-hybridized carbons (Fsp3) is 0.0500. The molecule has 0 radical (unpaired) electrons. The second-order valence-corrected chi connectivity index (χ2v) is 8.72. The molecule has 0 atom stereocenters. The summed E-state index contributed by atoms with van der Waals surface area (Å²) in [5.41, 5.74) is 1.26. The topological polar surface area (TPSA) is 66.5 Å². The van der Waals surface area contributed by atoms with Crippen LogP contribution in [0, 0.1) is 0 Å². The van der Waals surface area contributed by atoms with E-state index in [9.17, 15) is 13.2 Å². The quantitative estimate of drug-likeness (QED) is 0.609. The number of halogens is 2. The first-order valence-electron chi connectivity index (χ1n) is 8.19. The van der Waals surface area contributed by atoms with E-state index in [2.05, 4.69) is 5.32 Å². The van der Waals surface area contributed by atoms with E-state index in [1.165, 1.54) is 47.8 Å². The number of carbonyl (C=O) groups excluding carboxylic acids is 1. The largest absolute Gasteiger partial charge is 0.322 e. The van der Waals surface area contributed by atoms with Gasteiger partial charge in [-0.1, -0.05) is 41.4 Å². The Morgan fingerprint density at radius 3 is 2.18 bits per heavy atom. The number of anilines is 2. The van der Waals surface area contributed by atoms with Gasteiger partial charge in [0.2, 0.25) is 0 Å². The summed E-state index contributed by atoms with van der Waals surface area (Å²) in [6.45, 7) is 0. The normalized spacial score (nSPS) is 11.1. The number of rotatable bonds is 5. The molecule has 0 fully saturated rings. The predicted molar refractivity (Wildman–Crippen MR) is 113 cm³/mol. The van der Waals surface area contributed by atoms with Gasteiger partial charge in [0.15, 0.2) is 0 Å². The van der Waals surface area contributed by atoms with Crippen molar-refractivity contribution in [3.8, 4) is 0 Å². The molecule has 0 heterocycles. The number of nitrogens with zero attached hydrogens (tertiary/aromatic N) is 1. The van der Waals surface area contributed by atoms with E-state index < -0.39 is 15.9 Å². The first kappa shape index (κ1) is 20.2. The molecule has 0 aliphatic heterocycles. The van der Waals surface area contributed by atoms with Crippen molar-refractivity contribution in [3.05, 3.63) is 88.4 Å². The van der Waals surface area contributed by atoms with Crippen molar-refractivity contribution in [2.45, 2.75) is 4.90 Å². The molecule has 0 aliphatic carbocycles. The zero-order chi connectivity index (χ0) is 20.3. The summed E-state index contributed by atoms with van der Waals surface area (Å²) in [4.78, 5) is 12.5. The molecule has 28 heavy (non-hydrogen) atoms. The maximum Gasteiger partial charge on any atom is 0.264 e. The molecule has 5 nitrogen and oxygen atoms in total. The number of sulfonamides is 1. The minimum atomic E-state index is -3.72. The first-order valence-corrected chi connectivity index (χ1v) is 10.4. The highest BCUT2D eigenvalue weighted by Gasteiger charge is 2.21. The van der Waals surface area contributed by atoms with Gasteiger partial charge in [0.1, 0.15) is 0 Å². The monoisotopic (exact) mass is 434 g/mol. The summed E-state index contributed by atoms with van der Waals surface area (Å²) in [7, 11) is -2.23. The molecule has 0 saturated heterocycles. The van der Waals surface area contributed by atoms with Crippen LogP contribution in [0.1, 0.15) is 10.4 Å². The van der Waals surface area contributed by atoms with Gasteiger partial charge in [-0.15, -0.1) is 0 Å². The van der Waals surface area contributed by atoms with Crippen LogP contribution in [0.5, 0.6) is 0 Å². The van der Waals surface area contributed by atoms with Gasteiger partial charge in [0, 0.05) is 17.8 Å². The smallest absolute Gasteiger partial charge is 0.264 e. The third-order valence-corrected chi connectivity index (χ3v) is 6.41. The van der Waals surface area contributed by atoms with Gasteiger partial charge < -0.3 is 5.32 Å². The van der Waals surface area contributed by atoms with Crippen LogP contribution in [0.3, 0.4) is 0 Å². The fourth-order valence-corrected chi connectivity index (χ4v) is 4.21. The van der Waals surface area contributed by atoms with E-state index in [1.54, 1.807) is 30.3 Å². The lowest BCUT2D eigenvalue weighted by molar-refractivity contribution is 0.102. The van der Waals surface area contributed by atoms with Gasteiger partial charge in [-0.2, -0.15) is 0 Å². The lowest BCUT2D eigenvalue weighted by Gasteiger charge is -2.19. The summed E-state index contributed by atoms with van der Waals surface area (Å²) in [6, 6.07) is 19.3. The molecule has 0 saturated carbocycles. The van der Waals surface area contributed by atoms with Crippen LogP contribution in [0.15, 0.2) is 77.7 Å². The minimum absolute atomic E-state index is 0.112. The Hall–Kier alpha value is -2.54. The van der Waals surface area contributed by atoms with E-state index in [4.69, 9.17) is 23.2 Å². The maximum absolute atomic E-state index is 12.8. The Kier molecular flexibility index (Phi) is 5.93. The Balaban J connectivity index is 1.78. The van der Waals surface area contributed by atoms with Crippen LogP contribution in [0.2, 0.25) is 10.0 Å². The second-order valence-electron chi connectivity index (χ2n) is 5.91. The number of para-hydroxylation sites is 1. The Morgan fingerprint density at radius 1 is 0.929 bits per heavy atom. The number of amides is 1. The molecule has 0 bridgehead atoms. The summed E-state index contributed by atoms with van der Waals surface area (Å²) in [5.74, 6) is -0.418. The Bertz CT molecular complexity index is 1100. The van der Waals surface area contributed by atoms with Crippen molar-refractivity contribution in [2.24, 2.45) is 0 Å². The van der Waals surface area contributed by atoms with Crippen molar-refractivity contribution in [3.63, 3.8) is 0 Å². The third-order valence-electron chi connectivity index (χ3n) is 4.07. The average Bonchev–Trinajstić information content (AvgIpc) is 2.68. The van der Waals surface area contributed by atoms with Gasteiger partial charge in [-0.05, 0) is 54.6 Å². The summed E-state index contributed by atoms with van der Waals surface area (Å²) >= 11 is 11.9. The molecule has 3 rings (SSSR count). The third kappa shape index (κ3) is 4.30. The Morgan fingerprint density at radius 2 is 1.57 bits per heavy atom. The lowest BCUT2D eigenvalue weighted by atomic mass is 10.2. The van der Waals surface area contributed by atoms with Crippen LogP contribution in [-0.4, -0.2) is 21.4 Å².